The van der Waals surface area contributed by atoms with Gasteiger partial charge in [-0.25, -0.2) is 0 Å². The molecule has 3 nitrogen and oxygen atoms in total. The lowest BCUT2D eigenvalue weighted by Crippen LogP contribution is -2.04. The molecule has 0 saturated carbocycles. The highest BCUT2D eigenvalue weighted by atomic mass is 16.3. The average Bonchev–Trinajstić information content (AvgIpc) is 2.67. The van der Waals surface area contributed by atoms with Crippen LogP contribution in [0.5, 0.6) is 11.5 Å². The number of phenolic OH excluding ortho intramolecular Hbond substituents is 2. The van der Waals surface area contributed by atoms with E-state index >= 15 is 0 Å². The molecule has 0 spiro atoms. The van der Waals surface area contributed by atoms with E-state index in [4.69, 9.17) is 0 Å². The number of ketones is 1. The van der Waals surface area contributed by atoms with Gasteiger partial charge in [0.15, 0.2) is 5.78 Å². The highest BCUT2D eigenvalue weighted by molar-refractivity contribution is 6.11. The minimum absolute atomic E-state index is 0.0732. The summed E-state index contributed by atoms with van der Waals surface area (Å²) < 4.78 is 0. The summed E-state index contributed by atoms with van der Waals surface area (Å²) in [6.45, 7) is 5.62. The van der Waals surface area contributed by atoms with Crippen molar-refractivity contribution >= 4 is 11.4 Å². The molecule has 0 unspecified atom stereocenters. The first-order valence-electron chi connectivity index (χ1n) is 7.90. The first kappa shape index (κ1) is 16.5. The van der Waals surface area contributed by atoms with Crippen LogP contribution < -0.4 is 0 Å². The number of carbonyl (C=O) groups excluding carboxylic acids is 1. The molecule has 25 heavy (non-hydrogen) atoms. The van der Waals surface area contributed by atoms with E-state index in [1.807, 2.05) is 36.4 Å². The Morgan fingerprint density at radius 1 is 0.800 bits per heavy atom. The molecule has 0 atom stereocenters. The van der Waals surface area contributed by atoms with Crippen molar-refractivity contribution < 1.29 is 15.0 Å². The maximum absolute atomic E-state index is 12.8. The molecule has 0 heterocycles. The Balaban J connectivity index is 2.14. The molecule has 3 aromatic carbocycles. The quantitative estimate of drug-likeness (QED) is 0.682. The summed E-state index contributed by atoms with van der Waals surface area (Å²) in [6, 6.07) is 19.6. The van der Waals surface area contributed by atoms with E-state index in [0.717, 1.165) is 5.56 Å². The third-order valence-corrected chi connectivity index (χ3v) is 4.24. The van der Waals surface area contributed by atoms with Crippen molar-refractivity contribution in [2.45, 2.75) is 6.92 Å². The van der Waals surface area contributed by atoms with E-state index in [1.165, 1.54) is 6.07 Å². The number of aromatic hydroxyl groups is 2. The molecule has 124 valence electrons. The van der Waals surface area contributed by atoms with Gasteiger partial charge in [0.1, 0.15) is 11.5 Å². The van der Waals surface area contributed by atoms with Gasteiger partial charge in [-0.05, 0) is 24.1 Å². The highest BCUT2D eigenvalue weighted by Gasteiger charge is 2.21. The van der Waals surface area contributed by atoms with Crippen LogP contribution in [-0.2, 0) is 0 Å². The van der Waals surface area contributed by atoms with Gasteiger partial charge in [0, 0.05) is 16.7 Å². The number of carbonyl (C=O) groups is 1. The van der Waals surface area contributed by atoms with Crippen molar-refractivity contribution in [1.82, 2.24) is 0 Å². The average molecular weight is 330 g/mol. The number of hydrogen-bond acceptors (Lipinski definition) is 3. The van der Waals surface area contributed by atoms with Crippen LogP contribution in [0.15, 0.2) is 73.3 Å². The summed E-state index contributed by atoms with van der Waals surface area (Å²) >= 11 is 0. The summed E-state index contributed by atoms with van der Waals surface area (Å²) in [4.78, 5) is 12.8. The van der Waals surface area contributed by atoms with Crippen LogP contribution in [0.3, 0.4) is 0 Å². The largest absolute Gasteiger partial charge is 0.507 e. The van der Waals surface area contributed by atoms with Crippen LogP contribution in [0.2, 0.25) is 0 Å². The fourth-order valence-corrected chi connectivity index (χ4v) is 2.74. The van der Waals surface area contributed by atoms with Crippen LogP contribution in [0.4, 0.5) is 0 Å². The molecule has 3 heteroatoms. The van der Waals surface area contributed by atoms with Gasteiger partial charge in [0.25, 0.3) is 0 Å². The first-order chi connectivity index (χ1) is 12.0. The lowest BCUT2D eigenvalue weighted by molar-refractivity contribution is 0.103. The summed E-state index contributed by atoms with van der Waals surface area (Å²) in [5.74, 6) is -0.588. The molecule has 0 radical (unpaired) electrons. The van der Waals surface area contributed by atoms with E-state index < -0.39 is 0 Å². The maximum atomic E-state index is 12.8. The van der Waals surface area contributed by atoms with Crippen molar-refractivity contribution in [3.05, 3.63) is 101 Å². The fourth-order valence-electron chi connectivity index (χ4n) is 2.74. The van der Waals surface area contributed by atoms with Gasteiger partial charge < -0.3 is 10.2 Å². The minimum atomic E-state index is -0.302. The molecule has 0 amide bonds. The van der Waals surface area contributed by atoms with Crippen LogP contribution >= 0.6 is 0 Å². The standard InChI is InChI=1S/C22H18O3/c1-14(16-9-5-3-6-10-16)18-13-19(21(24)15(2)20(18)23)22(25)17-11-7-4-8-12-17/h3-13,23-24H,1H2,2H3. The number of hydrogen-bond donors (Lipinski definition) is 2. The van der Waals surface area contributed by atoms with Gasteiger partial charge in [0.2, 0.25) is 0 Å². The SMILES string of the molecule is C=C(c1ccccc1)c1cc(C(=O)c2ccccc2)c(O)c(C)c1O. The summed E-state index contributed by atoms with van der Waals surface area (Å²) in [6.07, 6.45) is 0. The predicted octanol–water partition coefficient (Wildman–Crippen LogP) is 4.70. The monoisotopic (exact) mass is 330 g/mol. The fraction of sp³-hybridized carbons (Fsp3) is 0.0455. The van der Waals surface area contributed by atoms with Crippen molar-refractivity contribution in [3.8, 4) is 11.5 Å². The highest BCUT2D eigenvalue weighted by Crippen LogP contribution is 2.39. The van der Waals surface area contributed by atoms with E-state index in [2.05, 4.69) is 6.58 Å². The van der Waals surface area contributed by atoms with Crippen molar-refractivity contribution in [1.29, 1.82) is 0 Å². The molecule has 0 saturated heterocycles. The Hall–Kier alpha value is -3.33. The first-order valence-corrected chi connectivity index (χ1v) is 7.90. The molecule has 3 aromatic rings. The topological polar surface area (TPSA) is 57.5 Å². The smallest absolute Gasteiger partial charge is 0.196 e. The lowest BCUT2D eigenvalue weighted by Gasteiger charge is -2.15. The van der Waals surface area contributed by atoms with Crippen molar-refractivity contribution in [2.75, 3.05) is 0 Å². The predicted molar refractivity (Wildman–Crippen MR) is 99.0 cm³/mol. The Bertz CT molecular complexity index is 866. The van der Waals surface area contributed by atoms with Gasteiger partial charge >= 0.3 is 0 Å². The second kappa shape index (κ2) is 6.65. The molecule has 0 aromatic heterocycles. The third-order valence-electron chi connectivity index (χ3n) is 4.24. The lowest BCUT2D eigenvalue weighted by atomic mass is 9.91. The molecular weight excluding hydrogens is 312 g/mol. The third kappa shape index (κ3) is 3.04. The summed E-state index contributed by atoms with van der Waals surface area (Å²) in [5.41, 5.74) is 2.73. The molecule has 3 rings (SSSR count). The van der Waals surface area contributed by atoms with E-state index in [-0.39, 0.29) is 28.4 Å². The summed E-state index contributed by atoms with van der Waals surface area (Å²) in [7, 11) is 0. The Morgan fingerprint density at radius 3 is 1.84 bits per heavy atom. The minimum Gasteiger partial charge on any atom is -0.507 e. The Morgan fingerprint density at radius 2 is 1.28 bits per heavy atom. The molecule has 0 aliphatic heterocycles. The Labute approximate surface area is 146 Å². The van der Waals surface area contributed by atoms with Crippen LogP contribution in [0.1, 0.15) is 32.6 Å². The molecule has 0 aliphatic rings. The number of benzene rings is 3. The van der Waals surface area contributed by atoms with Gasteiger partial charge in [-0.1, -0.05) is 67.2 Å². The Kier molecular flexibility index (Phi) is 4.40. The maximum Gasteiger partial charge on any atom is 0.196 e. The van der Waals surface area contributed by atoms with Crippen LogP contribution in [-0.4, -0.2) is 16.0 Å². The van der Waals surface area contributed by atoms with Gasteiger partial charge in [0.05, 0.1) is 5.56 Å². The van der Waals surface area contributed by atoms with E-state index in [9.17, 15) is 15.0 Å². The zero-order valence-corrected chi connectivity index (χ0v) is 13.9. The molecule has 0 bridgehead atoms. The summed E-state index contributed by atoms with van der Waals surface area (Å²) in [5, 5.41) is 20.8. The molecular formula is C22H18O3. The van der Waals surface area contributed by atoms with E-state index in [1.54, 1.807) is 31.2 Å². The molecule has 0 fully saturated rings. The van der Waals surface area contributed by atoms with Crippen LogP contribution in [0.25, 0.3) is 5.57 Å². The zero-order chi connectivity index (χ0) is 18.0. The molecule has 0 aliphatic carbocycles. The number of rotatable bonds is 4. The van der Waals surface area contributed by atoms with Crippen molar-refractivity contribution in [3.63, 3.8) is 0 Å². The normalized spacial score (nSPS) is 10.4. The molecule has 2 N–H and O–H groups in total. The zero-order valence-electron chi connectivity index (χ0n) is 13.9. The van der Waals surface area contributed by atoms with Crippen LogP contribution in [0, 0.1) is 6.92 Å². The van der Waals surface area contributed by atoms with Crippen molar-refractivity contribution in [2.24, 2.45) is 0 Å². The van der Waals surface area contributed by atoms with Gasteiger partial charge in [-0.2, -0.15) is 0 Å². The van der Waals surface area contributed by atoms with Gasteiger partial charge in [-0.3, -0.25) is 4.79 Å². The van der Waals surface area contributed by atoms with E-state index in [0.29, 0.717) is 16.7 Å². The number of phenols is 2. The second-order valence-corrected chi connectivity index (χ2v) is 5.83. The van der Waals surface area contributed by atoms with Gasteiger partial charge in [-0.15, -0.1) is 0 Å². The second-order valence-electron chi connectivity index (χ2n) is 5.83.